The number of hydrogen-bond acceptors (Lipinski definition) is 4. The highest BCUT2D eigenvalue weighted by Crippen LogP contribution is 2.27. The molecule has 1 unspecified atom stereocenters. The number of aryl methyl sites for hydroxylation is 1. The maximum atomic E-state index is 12.5. The van der Waals surface area contributed by atoms with E-state index < -0.39 is 30.3 Å². The number of benzene rings is 1. The van der Waals surface area contributed by atoms with Gasteiger partial charge in [0.15, 0.2) is 0 Å². The van der Waals surface area contributed by atoms with Crippen molar-refractivity contribution in [1.29, 1.82) is 0 Å². The van der Waals surface area contributed by atoms with Crippen molar-refractivity contribution in [1.82, 2.24) is 15.1 Å². The Labute approximate surface area is 152 Å². The summed E-state index contributed by atoms with van der Waals surface area (Å²) in [6.07, 6.45) is 3.30. The van der Waals surface area contributed by atoms with Gasteiger partial charge in [0.1, 0.15) is 6.54 Å². The molecule has 1 aliphatic carbocycles. The van der Waals surface area contributed by atoms with Gasteiger partial charge in [-0.2, -0.15) is 0 Å². The third-order valence-corrected chi connectivity index (χ3v) is 5.11. The molecule has 0 aromatic heterocycles. The van der Waals surface area contributed by atoms with Gasteiger partial charge < -0.3 is 5.32 Å². The fourth-order valence-electron chi connectivity index (χ4n) is 3.73. The van der Waals surface area contributed by atoms with Crippen LogP contribution in [-0.4, -0.2) is 46.1 Å². The minimum absolute atomic E-state index is 0.224. The molecule has 1 saturated heterocycles. The van der Waals surface area contributed by atoms with E-state index in [1.807, 2.05) is 38.1 Å². The molecule has 1 aliphatic heterocycles. The van der Waals surface area contributed by atoms with Crippen LogP contribution in [0.25, 0.3) is 0 Å². The predicted molar refractivity (Wildman–Crippen MR) is 93.9 cm³/mol. The van der Waals surface area contributed by atoms with Gasteiger partial charge in [-0.1, -0.05) is 37.1 Å². The molecule has 2 fully saturated rings. The number of carbonyl (C=O) groups is 4. The first-order chi connectivity index (χ1) is 12.4. The van der Waals surface area contributed by atoms with E-state index in [0.717, 1.165) is 46.6 Å². The Hall–Kier alpha value is -2.70. The van der Waals surface area contributed by atoms with Gasteiger partial charge in [0.2, 0.25) is 5.91 Å². The summed E-state index contributed by atoms with van der Waals surface area (Å²) in [4.78, 5) is 50.9. The summed E-state index contributed by atoms with van der Waals surface area (Å²) in [6.45, 7) is 3.34. The molecule has 1 heterocycles. The van der Waals surface area contributed by atoms with Gasteiger partial charge in [0.05, 0.1) is 6.04 Å². The Kier molecular flexibility index (Phi) is 5.06. The zero-order valence-electron chi connectivity index (χ0n) is 15.0. The van der Waals surface area contributed by atoms with Gasteiger partial charge in [-0.3, -0.25) is 19.3 Å². The summed E-state index contributed by atoms with van der Waals surface area (Å²) in [5, 5.41) is 2.79. The second kappa shape index (κ2) is 7.27. The molecule has 2 aliphatic rings. The third kappa shape index (κ3) is 3.34. The lowest BCUT2D eigenvalue weighted by molar-refractivity contribution is -0.144. The Morgan fingerprint density at radius 3 is 2.46 bits per heavy atom. The summed E-state index contributed by atoms with van der Waals surface area (Å²) >= 11 is 0. The summed E-state index contributed by atoms with van der Waals surface area (Å²) in [5.74, 6) is -2.20. The Morgan fingerprint density at radius 1 is 1.15 bits per heavy atom. The first-order valence-electron chi connectivity index (χ1n) is 8.94. The summed E-state index contributed by atoms with van der Waals surface area (Å²) in [6, 6.07) is 6.50. The lowest BCUT2D eigenvalue weighted by Gasteiger charge is -2.21. The zero-order valence-corrected chi connectivity index (χ0v) is 15.0. The molecule has 0 radical (unpaired) electrons. The highest BCUT2D eigenvalue weighted by Gasteiger charge is 2.48. The van der Waals surface area contributed by atoms with Crippen molar-refractivity contribution in [2.24, 2.45) is 0 Å². The molecule has 0 spiro atoms. The number of nitrogens with one attached hydrogen (secondary N) is 1. The van der Waals surface area contributed by atoms with Crippen LogP contribution in [0, 0.1) is 6.92 Å². The second-order valence-electron chi connectivity index (χ2n) is 6.93. The number of carbonyl (C=O) groups excluding carboxylic acids is 4. The molecule has 1 aromatic carbocycles. The Balaban J connectivity index is 1.65. The smallest absolute Gasteiger partial charge is 0.334 e. The normalized spacial score (nSPS) is 19.4. The van der Waals surface area contributed by atoms with E-state index in [9.17, 15) is 19.2 Å². The van der Waals surface area contributed by atoms with E-state index in [0.29, 0.717) is 0 Å². The molecule has 1 N–H and O–H groups in total. The van der Waals surface area contributed by atoms with Gasteiger partial charge in [-0.15, -0.1) is 0 Å². The molecule has 1 atom stereocenters. The molecule has 3 rings (SSSR count). The Bertz CT molecular complexity index is 755. The molecule has 1 saturated carbocycles. The first kappa shape index (κ1) is 18.1. The molecule has 0 bridgehead atoms. The lowest BCUT2D eigenvalue weighted by atomic mass is 10.0. The summed E-state index contributed by atoms with van der Waals surface area (Å²) < 4.78 is 0. The maximum Gasteiger partial charge on any atom is 0.334 e. The fourth-order valence-corrected chi connectivity index (χ4v) is 3.73. The quantitative estimate of drug-likeness (QED) is 0.644. The monoisotopic (exact) mass is 357 g/mol. The molecular formula is C19H23N3O4. The summed E-state index contributed by atoms with van der Waals surface area (Å²) in [7, 11) is 0. The molecule has 26 heavy (non-hydrogen) atoms. The van der Waals surface area contributed by atoms with Crippen molar-refractivity contribution >= 4 is 23.8 Å². The summed E-state index contributed by atoms with van der Waals surface area (Å²) in [5.41, 5.74) is 2.00. The Morgan fingerprint density at radius 2 is 1.81 bits per heavy atom. The van der Waals surface area contributed by atoms with Gasteiger partial charge in [-0.25, -0.2) is 9.69 Å². The maximum absolute atomic E-state index is 12.5. The van der Waals surface area contributed by atoms with Crippen LogP contribution in [0.2, 0.25) is 0 Å². The molecule has 7 heteroatoms. The number of imide groups is 2. The van der Waals surface area contributed by atoms with Crippen LogP contribution < -0.4 is 5.32 Å². The van der Waals surface area contributed by atoms with E-state index in [2.05, 4.69) is 5.32 Å². The zero-order chi connectivity index (χ0) is 18.8. The van der Waals surface area contributed by atoms with Crippen LogP contribution in [0.3, 0.4) is 0 Å². The average Bonchev–Trinajstić information content (AvgIpc) is 3.19. The van der Waals surface area contributed by atoms with Crippen LogP contribution in [0.5, 0.6) is 0 Å². The predicted octanol–water partition coefficient (Wildman–Crippen LogP) is 1.91. The van der Waals surface area contributed by atoms with Crippen LogP contribution in [0.4, 0.5) is 4.79 Å². The molecule has 1 aromatic rings. The van der Waals surface area contributed by atoms with Gasteiger partial charge in [-0.05, 0) is 37.8 Å². The van der Waals surface area contributed by atoms with Crippen LogP contribution in [0.15, 0.2) is 24.3 Å². The van der Waals surface area contributed by atoms with E-state index >= 15 is 0 Å². The molecular weight excluding hydrogens is 334 g/mol. The molecule has 7 nitrogen and oxygen atoms in total. The van der Waals surface area contributed by atoms with Crippen LogP contribution in [0.1, 0.15) is 49.8 Å². The topological polar surface area (TPSA) is 86.8 Å². The van der Waals surface area contributed by atoms with Crippen molar-refractivity contribution in [3.05, 3.63) is 35.4 Å². The lowest BCUT2D eigenvalue weighted by Crippen LogP contribution is -2.43. The molecule has 138 valence electrons. The molecule has 5 amide bonds. The first-order valence-corrected chi connectivity index (χ1v) is 8.94. The standard InChI is InChI=1S/C19H23N3O4/c1-12-7-3-6-10-15(12)13(2)20-16(23)11-21-17(24)18(25)22(19(21)26)14-8-4-5-9-14/h3,6-7,10,13-14H,4-5,8-9,11H2,1-2H3,(H,20,23). The van der Waals surface area contributed by atoms with Crippen molar-refractivity contribution in [2.75, 3.05) is 6.54 Å². The number of nitrogens with zero attached hydrogens (tertiary/aromatic N) is 2. The van der Waals surface area contributed by atoms with Crippen LogP contribution in [-0.2, 0) is 14.4 Å². The van der Waals surface area contributed by atoms with E-state index in [-0.39, 0.29) is 12.1 Å². The number of rotatable bonds is 5. The van der Waals surface area contributed by atoms with Gasteiger partial charge in [0.25, 0.3) is 0 Å². The fraction of sp³-hybridized carbons (Fsp3) is 0.474. The highest BCUT2D eigenvalue weighted by molar-refractivity contribution is 6.45. The van der Waals surface area contributed by atoms with Gasteiger partial charge >= 0.3 is 17.8 Å². The largest absolute Gasteiger partial charge is 0.348 e. The van der Waals surface area contributed by atoms with E-state index in [4.69, 9.17) is 0 Å². The van der Waals surface area contributed by atoms with E-state index in [1.54, 1.807) is 0 Å². The third-order valence-electron chi connectivity index (χ3n) is 5.11. The highest BCUT2D eigenvalue weighted by atomic mass is 16.2. The minimum atomic E-state index is -0.916. The SMILES string of the molecule is Cc1ccccc1C(C)NC(=O)CN1C(=O)C(=O)N(C2CCCC2)C1=O. The second-order valence-corrected chi connectivity index (χ2v) is 6.93. The minimum Gasteiger partial charge on any atom is -0.348 e. The van der Waals surface area contributed by atoms with Crippen molar-refractivity contribution in [3.8, 4) is 0 Å². The number of hydrogen-bond donors (Lipinski definition) is 1. The average molecular weight is 357 g/mol. The van der Waals surface area contributed by atoms with E-state index in [1.165, 1.54) is 0 Å². The number of urea groups is 1. The van der Waals surface area contributed by atoms with Crippen molar-refractivity contribution < 1.29 is 19.2 Å². The van der Waals surface area contributed by atoms with Crippen LogP contribution >= 0.6 is 0 Å². The van der Waals surface area contributed by atoms with Gasteiger partial charge in [0, 0.05) is 6.04 Å². The number of amides is 5. The van der Waals surface area contributed by atoms with Crippen molar-refractivity contribution in [3.63, 3.8) is 0 Å². The van der Waals surface area contributed by atoms with Crippen molar-refractivity contribution in [2.45, 2.75) is 51.6 Å².